The van der Waals surface area contributed by atoms with Crippen LogP contribution in [0.25, 0.3) is 11.1 Å². The number of carbonyl (C=O) groups excluding carboxylic acids is 2. The van der Waals surface area contributed by atoms with Gasteiger partial charge in [0.1, 0.15) is 17.4 Å². The van der Waals surface area contributed by atoms with E-state index in [0.29, 0.717) is 44.5 Å². The molecule has 2 aromatic heterocycles. The summed E-state index contributed by atoms with van der Waals surface area (Å²) in [5.41, 5.74) is 3.47. The minimum Gasteiger partial charge on any atom is -0.423 e. The molecule has 10 heteroatoms. The third-order valence-electron chi connectivity index (χ3n) is 6.10. The molecule has 37 heavy (non-hydrogen) atoms. The van der Waals surface area contributed by atoms with Crippen molar-refractivity contribution in [2.45, 2.75) is 19.9 Å². The molecule has 1 amide bonds. The van der Waals surface area contributed by atoms with E-state index in [1.165, 1.54) is 19.2 Å². The van der Waals surface area contributed by atoms with Crippen molar-refractivity contribution in [1.29, 1.82) is 0 Å². The number of hydrogen-bond acceptors (Lipinski definition) is 8. The predicted octanol–water partition coefficient (Wildman–Crippen LogP) is 5.45. The molecule has 0 saturated heterocycles. The van der Waals surface area contributed by atoms with Crippen molar-refractivity contribution in [2.24, 2.45) is 4.99 Å². The number of fused-ring (bicyclic) bond motifs is 1. The van der Waals surface area contributed by atoms with Crippen molar-refractivity contribution in [1.82, 2.24) is 14.9 Å². The fourth-order valence-corrected chi connectivity index (χ4v) is 4.30. The molecule has 5 rings (SSSR count). The zero-order chi connectivity index (χ0) is 26.1. The molecular weight excluding hydrogens is 492 g/mol. The lowest BCUT2D eigenvalue weighted by Gasteiger charge is -2.32. The Bertz CT molecular complexity index is 1560. The molecule has 1 atom stereocenters. The largest absolute Gasteiger partial charge is 0.423 e. The van der Waals surface area contributed by atoms with Crippen LogP contribution >= 0.6 is 11.6 Å². The third kappa shape index (κ3) is 4.81. The Morgan fingerprint density at radius 2 is 1.84 bits per heavy atom. The van der Waals surface area contributed by atoms with Gasteiger partial charge in [0.2, 0.25) is 5.96 Å². The van der Waals surface area contributed by atoms with Gasteiger partial charge in [-0.3, -0.25) is 14.9 Å². The number of nitrogens with zero attached hydrogens (tertiary/aromatic N) is 4. The molecular formula is C27H23ClN6O3. The number of nitrogens with one attached hydrogen (secondary N) is 2. The monoisotopic (exact) mass is 514 g/mol. The number of para-hydroxylation sites is 2. The van der Waals surface area contributed by atoms with E-state index in [1.807, 2.05) is 49.4 Å². The van der Waals surface area contributed by atoms with Crippen LogP contribution in [0.15, 0.2) is 87.5 Å². The van der Waals surface area contributed by atoms with Crippen LogP contribution in [-0.4, -0.2) is 39.6 Å². The van der Waals surface area contributed by atoms with Crippen molar-refractivity contribution in [3.8, 4) is 0 Å². The van der Waals surface area contributed by atoms with E-state index in [1.54, 1.807) is 24.1 Å². The lowest BCUT2D eigenvalue weighted by atomic mass is 9.95. The van der Waals surface area contributed by atoms with Gasteiger partial charge in [-0.15, -0.1) is 0 Å². The first-order valence-electron chi connectivity index (χ1n) is 11.5. The second-order valence-electron chi connectivity index (χ2n) is 8.49. The van der Waals surface area contributed by atoms with Crippen LogP contribution in [0.2, 0.25) is 5.02 Å². The zero-order valence-electron chi connectivity index (χ0n) is 20.3. The number of rotatable bonds is 5. The second-order valence-corrected chi connectivity index (χ2v) is 8.89. The molecule has 1 aliphatic rings. The Hall–Kier alpha value is -4.50. The average Bonchev–Trinajstić information content (AvgIpc) is 3.29. The molecule has 1 aliphatic heterocycles. The van der Waals surface area contributed by atoms with Crippen LogP contribution in [0.4, 0.5) is 11.8 Å². The van der Waals surface area contributed by atoms with E-state index in [4.69, 9.17) is 21.0 Å². The Morgan fingerprint density at radius 1 is 1.08 bits per heavy atom. The van der Waals surface area contributed by atoms with E-state index in [0.717, 1.165) is 0 Å². The van der Waals surface area contributed by atoms with Crippen molar-refractivity contribution in [3.05, 3.63) is 94.3 Å². The first-order valence-corrected chi connectivity index (χ1v) is 11.9. The highest BCUT2D eigenvalue weighted by Crippen LogP contribution is 2.37. The highest BCUT2D eigenvalue weighted by molar-refractivity contribution is 6.31. The molecule has 0 aliphatic carbocycles. The summed E-state index contributed by atoms with van der Waals surface area (Å²) in [5.74, 6) is 0.159. The number of allylic oxidation sites excluding steroid dienone is 1. The van der Waals surface area contributed by atoms with Gasteiger partial charge >= 0.3 is 6.01 Å². The zero-order valence-corrected chi connectivity index (χ0v) is 21.1. The van der Waals surface area contributed by atoms with E-state index in [9.17, 15) is 9.59 Å². The number of anilines is 2. The summed E-state index contributed by atoms with van der Waals surface area (Å²) in [6, 6.07) is 17.3. The number of benzene rings is 2. The van der Waals surface area contributed by atoms with Crippen molar-refractivity contribution < 1.29 is 14.0 Å². The van der Waals surface area contributed by atoms with Gasteiger partial charge in [0.25, 0.3) is 5.91 Å². The van der Waals surface area contributed by atoms with E-state index in [-0.39, 0.29) is 17.6 Å². The maximum Gasteiger partial charge on any atom is 0.302 e. The van der Waals surface area contributed by atoms with E-state index in [2.05, 4.69) is 20.6 Å². The molecule has 0 bridgehead atoms. The van der Waals surface area contributed by atoms with Gasteiger partial charge in [-0.25, -0.2) is 9.98 Å². The molecule has 0 fully saturated rings. The molecule has 0 saturated carbocycles. The molecule has 4 aromatic rings. The van der Waals surface area contributed by atoms with E-state index < -0.39 is 11.9 Å². The number of carbonyl (C=O) groups is 2. The lowest BCUT2D eigenvalue weighted by Crippen LogP contribution is -2.39. The number of aromatic nitrogens is 2. The minimum absolute atomic E-state index is 0.126. The average molecular weight is 515 g/mol. The summed E-state index contributed by atoms with van der Waals surface area (Å²) in [4.78, 5) is 40.7. The van der Waals surface area contributed by atoms with Crippen LogP contribution in [0.5, 0.6) is 0 Å². The maximum atomic E-state index is 13.6. The number of oxazole rings is 1. The molecule has 9 nitrogen and oxygen atoms in total. The quantitative estimate of drug-likeness (QED) is 0.341. The van der Waals surface area contributed by atoms with Gasteiger partial charge in [-0.05, 0) is 44.2 Å². The van der Waals surface area contributed by atoms with Gasteiger partial charge in [-0.1, -0.05) is 41.9 Å². The lowest BCUT2D eigenvalue weighted by molar-refractivity contribution is -0.113. The van der Waals surface area contributed by atoms with Crippen molar-refractivity contribution in [3.63, 3.8) is 0 Å². The number of amides is 1. The summed E-state index contributed by atoms with van der Waals surface area (Å²) in [7, 11) is 1.79. The maximum absolute atomic E-state index is 13.6. The molecule has 186 valence electrons. The number of aliphatic imine (C=N–C) groups is 1. The van der Waals surface area contributed by atoms with Gasteiger partial charge in [0.15, 0.2) is 11.4 Å². The molecule has 0 spiro atoms. The molecule has 1 unspecified atom stereocenters. The number of pyridine rings is 1. The number of Topliss-reactive ketones (excluding diaryl/α,β-unsaturated/α-hetero) is 1. The molecule has 2 N–H and O–H groups in total. The highest BCUT2D eigenvalue weighted by atomic mass is 35.5. The van der Waals surface area contributed by atoms with Crippen LogP contribution in [-0.2, 0) is 4.79 Å². The van der Waals surface area contributed by atoms with Crippen molar-refractivity contribution >= 4 is 52.2 Å². The highest BCUT2D eigenvalue weighted by Gasteiger charge is 2.33. The van der Waals surface area contributed by atoms with Gasteiger partial charge < -0.3 is 14.6 Å². The summed E-state index contributed by atoms with van der Waals surface area (Å²) >= 11 is 6.55. The van der Waals surface area contributed by atoms with Crippen molar-refractivity contribution in [2.75, 3.05) is 17.7 Å². The fraction of sp³-hybridized carbons (Fsp3) is 0.148. The van der Waals surface area contributed by atoms with Crippen LogP contribution < -0.4 is 10.6 Å². The molecule has 0 radical (unpaired) electrons. The SMILES string of the molecule is CC(=O)c1ccnc(NC(=O)C2=C(C)N(C)C(Nc3nc4ccccc4o3)=NC2c2ccccc2Cl)c1. The van der Waals surface area contributed by atoms with Crippen LogP contribution in [0.1, 0.15) is 35.8 Å². The number of halogens is 1. The Kier molecular flexibility index (Phi) is 6.45. The number of guanidine groups is 1. The molecule has 3 heterocycles. The Balaban J connectivity index is 1.52. The van der Waals surface area contributed by atoms with E-state index >= 15 is 0 Å². The van der Waals surface area contributed by atoms with Gasteiger partial charge in [-0.2, -0.15) is 4.98 Å². The number of ketones is 1. The Morgan fingerprint density at radius 3 is 2.59 bits per heavy atom. The first-order chi connectivity index (χ1) is 17.8. The summed E-state index contributed by atoms with van der Waals surface area (Å²) in [6.07, 6.45) is 1.48. The normalized spacial score (nSPS) is 15.5. The predicted molar refractivity (Wildman–Crippen MR) is 143 cm³/mol. The standard InChI is InChI=1S/C27H23ClN6O3/c1-15-23(25(36)31-22-14-17(16(2)35)12-13-29-22)24(18-8-4-5-9-19(18)28)32-26(34(15)3)33-27-30-20-10-6-7-11-21(20)37-27/h4-14,24H,1-3H3,(H,29,31,36)(H,30,32,33). The smallest absolute Gasteiger partial charge is 0.302 e. The topological polar surface area (TPSA) is 113 Å². The Labute approximate surface area is 217 Å². The summed E-state index contributed by atoms with van der Waals surface area (Å²) in [6.45, 7) is 3.28. The van der Waals surface area contributed by atoms with Gasteiger partial charge in [0.05, 0.1) is 5.57 Å². The third-order valence-corrected chi connectivity index (χ3v) is 6.44. The summed E-state index contributed by atoms with van der Waals surface area (Å²) < 4.78 is 5.82. The first kappa shape index (κ1) is 24.2. The molecule has 2 aromatic carbocycles. The van der Waals surface area contributed by atoms with Crippen LogP contribution in [0, 0.1) is 0 Å². The fourth-order valence-electron chi connectivity index (χ4n) is 4.06. The van der Waals surface area contributed by atoms with Crippen LogP contribution in [0.3, 0.4) is 0 Å². The second kappa shape index (κ2) is 9.87. The summed E-state index contributed by atoms with van der Waals surface area (Å²) in [5, 5.41) is 6.42. The minimum atomic E-state index is -0.729. The number of hydrogen-bond donors (Lipinski definition) is 2. The van der Waals surface area contributed by atoms with Gasteiger partial charge in [0, 0.05) is 35.1 Å².